The third kappa shape index (κ3) is 1.87. The zero-order valence-corrected chi connectivity index (χ0v) is 12.1. The molecule has 0 unspecified atom stereocenters. The van der Waals surface area contributed by atoms with Crippen LogP contribution in [0.15, 0.2) is 22.7 Å². The second-order valence-electron chi connectivity index (χ2n) is 5.40. The number of hydrogen-bond donors (Lipinski definition) is 1. The molecule has 0 aromatic heterocycles. The second-order valence-corrected chi connectivity index (χ2v) is 6.32. The van der Waals surface area contributed by atoms with Gasteiger partial charge in [-0.3, -0.25) is 9.59 Å². The number of amides is 2. The first-order chi connectivity index (χ1) is 9.03. The molecule has 100 valence electrons. The molecule has 1 aromatic rings. The van der Waals surface area contributed by atoms with Crippen molar-refractivity contribution in [2.45, 2.75) is 32.1 Å². The molecular weight excluding hydrogens is 308 g/mol. The summed E-state index contributed by atoms with van der Waals surface area (Å²) in [6.45, 7) is 0. The van der Waals surface area contributed by atoms with Crippen LogP contribution in [-0.2, 0) is 9.59 Å². The number of nitrogens with zero attached hydrogens (tertiary/aromatic N) is 1. The standard InChI is InChI=1S/C14H15BrN2O2/c15-9-3-4-11(10(16)7-9)17-12(18)8-14(13(17)19)5-1-2-6-14/h3-4,7H,1-2,5-6,8,16H2. The van der Waals surface area contributed by atoms with Crippen LogP contribution in [0.5, 0.6) is 0 Å². The van der Waals surface area contributed by atoms with Crippen molar-refractivity contribution in [3.05, 3.63) is 22.7 Å². The van der Waals surface area contributed by atoms with Gasteiger partial charge in [0.1, 0.15) is 0 Å². The third-order valence-electron chi connectivity index (χ3n) is 4.19. The molecule has 1 spiro atoms. The van der Waals surface area contributed by atoms with Gasteiger partial charge in [0.05, 0.1) is 16.8 Å². The second kappa shape index (κ2) is 4.34. The van der Waals surface area contributed by atoms with Crippen LogP contribution in [0.25, 0.3) is 0 Å². The number of halogens is 1. The SMILES string of the molecule is Nc1cc(Br)ccc1N1C(=O)CC2(CCCC2)C1=O. The number of nitrogen functional groups attached to an aromatic ring is 1. The van der Waals surface area contributed by atoms with Crippen molar-refractivity contribution in [1.29, 1.82) is 0 Å². The van der Waals surface area contributed by atoms with Gasteiger partial charge in [-0.15, -0.1) is 0 Å². The van der Waals surface area contributed by atoms with Gasteiger partial charge in [-0.05, 0) is 31.0 Å². The Balaban J connectivity index is 2.01. The number of imide groups is 1. The van der Waals surface area contributed by atoms with Gasteiger partial charge in [0.25, 0.3) is 0 Å². The first-order valence-corrected chi connectivity index (χ1v) is 7.25. The van der Waals surface area contributed by atoms with E-state index >= 15 is 0 Å². The quantitative estimate of drug-likeness (QED) is 0.638. The monoisotopic (exact) mass is 322 g/mol. The molecule has 19 heavy (non-hydrogen) atoms. The average Bonchev–Trinajstić information content (AvgIpc) is 2.89. The van der Waals surface area contributed by atoms with E-state index in [1.54, 1.807) is 18.2 Å². The lowest BCUT2D eigenvalue weighted by atomic mass is 9.84. The molecule has 1 aliphatic carbocycles. The summed E-state index contributed by atoms with van der Waals surface area (Å²) in [5, 5.41) is 0. The average molecular weight is 323 g/mol. The van der Waals surface area contributed by atoms with E-state index in [0.717, 1.165) is 30.2 Å². The van der Waals surface area contributed by atoms with Gasteiger partial charge in [0.2, 0.25) is 11.8 Å². The zero-order valence-electron chi connectivity index (χ0n) is 10.5. The van der Waals surface area contributed by atoms with E-state index in [2.05, 4.69) is 15.9 Å². The van der Waals surface area contributed by atoms with Gasteiger partial charge in [-0.1, -0.05) is 28.8 Å². The molecule has 2 aliphatic rings. The predicted octanol–water partition coefficient (Wildman–Crippen LogP) is 2.86. The molecule has 1 heterocycles. The first-order valence-electron chi connectivity index (χ1n) is 6.46. The van der Waals surface area contributed by atoms with Crippen LogP contribution in [0, 0.1) is 5.41 Å². The topological polar surface area (TPSA) is 63.4 Å². The van der Waals surface area contributed by atoms with Crippen LogP contribution in [0.1, 0.15) is 32.1 Å². The molecule has 3 rings (SSSR count). The van der Waals surface area contributed by atoms with E-state index in [4.69, 9.17) is 5.73 Å². The van der Waals surface area contributed by atoms with E-state index in [9.17, 15) is 9.59 Å². The summed E-state index contributed by atoms with van der Waals surface area (Å²) in [7, 11) is 0. The Kier molecular flexibility index (Phi) is 2.89. The fourth-order valence-corrected chi connectivity index (χ4v) is 3.59. The van der Waals surface area contributed by atoms with E-state index < -0.39 is 5.41 Å². The highest BCUT2D eigenvalue weighted by molar-refractivity contribution is 9.10. The molecular formula is C14H15BrN2O2. The molecule has 1 saturated heterocycles. The number of nitrogens with two attached hydrogens (primary N) is 1. The molecule has 1 aliphatic heterocycles. The lowest BCUT2D eigenvalue weighted by molar-refractivity contribution is -0.125. The number of hydrogen-bond acceptors (Lipinski definition) is 3. The Hall–Kier alpha value is -1.36. The molecule has 0 atom stereocenters. The lowest BCUT2D eigenvalue weighted by Crippen LogP contribution is -2.34. The number of carbonyl (C=O) groups is 2. The van der Waals surface area contributed by atoms with E-state index in [1.165, 1.54) is 4.90 Å². The van der Waals surface area contributed by atoms with Crippen molar-refractivity contribution in [3.8, 4) is 0 Å². The smallest absolute Gasteiger partial charge is 0.240 e. The fourth-order valence-electron chi connectivity index (χ4n) is 3.21. The highest BCUT2D eigenvalue weighted by Gasteiger charge is 2.53. The maximum absolute atomic E-state index is 12.6. The lowest BCUT2D eigenvalue weighted by Gasteiger charge is -2.21. The van der Waals surface area contributed by atoms with Crippen molar-refractivity contribution in [1.82, 2.24) is 0 Å². The Bertz CT molecular complexity index is 565. The molecule has 5 heteroatoms. The van der Waals surface area contributed by atoms with Crippen LogP contribution >= 0.6 is 15.9 Å². The van der Waals surface area contributed by atoms with Crippen molar-refractivity contribution in [3.63, 3.8) is 0 Å². The maximum atomic E-state index is 12.6. The fraction of sp³-hybridized carbons (Fsp3) is 0.429. The zero-order chi connectivity index (χ0) is 13.6. The largest absolute Gasteiger partial charge is 0.397 e. The van der Waals surface area contributed by atoms with Gasteiger partial charge in [-0.2, -0.15) is 0 Å². The molecule has 1 saturated carbocycles. The van der Waals surface area contributed by atoms with E-state index in [-0.39, 0.29) is 11.8 Å². The molecule has 2 amide bonds. The molecule has 1 aromatic carbocycles. The normalized spacial score (nSPS) is 21.6. The Labute approximate surface area is 120 Å². The summed E-state index contributed by atoms with van der Waals surface area (Å²) in [5.74, 6) is -0.190. The van der Waals surface area contributed by atoms with E-state index in [1.807, 2.05) is 0 Å². The molecule has 2 fully saturated rings. The highest BCUT2D eigenvalue weighted by atomic mass is 79.9. The van der Waals surface area contributed by atoms with Crippen LogP contribution in [0.4, 0.5) is 11.4 Å². The minimum absolute atomic E-state index is 0.0657. The Morgan fingerprint density at radius 2 is 1.89 bits per heavy atom. The number of benzene rings is 1. The summed E-state index contributed by atoms with van der Waals surface area (Å²) in [4.78, 5) is 26.1. The summed E-state index contributed by atoms with van der Waals surface area (Å²) in [6.07, 6.45) is 4.04. The summed E-state index contributed by atoms with van der Waals surface area (Å²) in [5.41, 5.74) is 6.45. The third-order valence-corrected chi connectivity index (χ3v) is 4.68. The molecule has 4 nitrogen and oxygen atoms in total. The Morgan fingerprint density at radius 1 is 1.21 bits per heavy atom. The van der Waals surface area contributed by atoms with Crippen LogP contribution in [-0.4, -0.2) is 11.8 Å². The maximum Gasteiger partial charge on any atom is 0.240 e. The van der Waals surface area contributed by atoms with Crippen LogP contribution in [0.3, 0.4) is 0 Å². The van der Waals surface area contributed by atoms with Gasteiger partial charge in [0, 0.05) is 10.9 Å². The van der Waals surface area contributed by atoms with Gasteiger partial charge in [0.15, 0.2) is 0 Å². The minimum Gasteiger partial charge on any atom is -0.397 e. The number of rotatable bonds is 1. The van der Waals surface area contributed by atoms with Crippen molar-refractivity contribution in [2.24, 2.45) is 5.41 Å². The van der Waals surface area contributed by atoms with Crippen LogP contribution < -0.4 is 10.6 Å². The number of carbonyl (C=O) groups excluding carboxylic acids is 2. The Morgan fingerprint density at radius 3 is 2.53 bits per heavy atom. The van der Waals surface area contributed by atoms with Crippen LogP contribution in [0.2, 0.25) is 0 Å². The van der Waals surface area contributed by atoms with Gasteiger partial charge >= 0.3 is 0 Å². The number of anilines is 2. The predicted molar refractivity (Wildman–Crippen MR) is 76.6 cm³/mol. The van der Waals surface area contributed by atoms with Gasteiger partial charge < -0.3 is 5.73 Å². The molecule has 0 bridgehead atoms. The first kappa shape index (κ1) is 12.7. The molecule has 0 radical (unpaired) electrons. The summed E-state index contributed by atoms with van der Waals surface area (Å²) >= 11 is 3.33. The minimum atomic E-state index is -0.448. The van der Waals surface area contributed by atoms with E-state index in [0.29, 0.717) is 17.8 Å². The van der Waals surface area contributed by atoms with Crippen molar-refractivity contribution in [2.75, 3.05) is 10.6 Å². The van der Waals surface area contributed by atoms with Crippen molar-refractivity contribution >= 4 is 39.1 Å². The molecule has 2 N–H and O–H groups in total. The summed E-state index contributed by atoms with van der Waals surface area (Å²) in [6, 6.07) is 5.24. The highest BCUT2D eigenvalue weighted by Crippen LogP contribution is 2.48. The summed E-state index contributed by atoms with van der Waals surface area (Å²) < 4.78 is 0.837. The van der Waals surface area contributed by atoms with Crippen molar-refractivity contribution < 1.29 is 9.59 Å². The van der Waals surface area contributed by atoms with Gasteiger partial charge in [-0.25, -0.2) is 4.90 Å².